The van der Waals surface area contributed by atoms with Gasteiger partial charge in [0.05, 0.1) is 13.5 Å². The Bertz CT molecular complexity index is 219. The zero-order chi connectivity index (χ0) is 13.8. The molecule has 1 fully saturated rings. The lowest BCUT2D eigenvalue weighted by molar-refractivity contribution is -0.202. The molecule has 6 nitrogen and oxygen atoms in total. The summed E-state index contributed by atoms with van der Waals surface area (Å²) in [5, 5.41) is 0. The summed E-state index contributed by atoms with van der Waals surface area (Å²) in [7, 11) is 1.30. The Morgan fingerprint density at radius 1 is 1.44 bits per heavy atom. The smallest absolute Gasteiger partial charge is 0.304 e. The van der Waals surface area contributed by atoms with E-state index in [9.17, 15) is 9.32 Å². The van der Waals surface area contributed by atoms with Crippen molar-refractivity contribution in [2.45, 2.75) is 39.3 Å². The average molecular weight is 286 g/mol. The molecule has 0 spiro atoms. The molecule has 0 aromatic rings. The van der Waals surface area contributed by atoms with Crippen LogP contribution in [0.5, 0.6) is 0 Å². The number of ether oxygens (including phenoxy) is 3. The average Bonchev–Trinajstić information content (AvgIpc) is 2.72. The van der Waals surface area contributed by atoms with Gasteiger partial charge in [-0.25, -0.2) is 0 Å². The second-order valence-electron chi connectivity index (χ2n) is 3.22. The van der Waals surface area contributed by atoms with E-state index in [1.165, 1.54) is 6.92 Å². The number of carbonyl (C=O) groups excluding carboxylic acids is 1. The van der Waals surface area contributed by atoms with E-state index >= 15 is 0 Å². The fraction of sp³-hybridized carbons (Fsp3) is 0.900. The zero-order valence-corrected chi connectivity index (χ0v) is 11.8. The number of rotatable bonds is 6. The molecule has 0 amide bonds. The van der Waals surface area contributed by atoms with Gasteiger partial charge in [-0.1, -0.05) is 0 Å². The molecule has 8 heteroatoms. The van der Waals surface area contributed by atoms with Gasteiger partial charge in [0.15, 0.2) is 6.29 Å². The SMILES string of the molecule is CCOPCOC1CCC(OC(C)=O)O1.COF. The second-order valence-corrected chi connectivity index (χ2v) is 4.09. The summed E-state index contributed by atoms with van der Waals surface area (Å²) in [5.74, 6) is -0.322. The lowest BCUT2D eigenvalue weighted by Crippen LogP contribution is -2.18. The Labute approximate surface area is 108 Å². The fourth-order valence-corrected chi connectivity index (χ4v) is 1.78. The molecule has 0 N–H and O–H groups in total. The number of hydrogen-bond acceptors (Lipinski definition) is 6. The highest BCUT2D eigenvalue weighted by Crippen LogP contribution is 2.23. The number of halogens is 1. The molecule has 0 aromatic heterocycles. The molecule has 3 unspecified atom stereocenters. The largest absolute Gasteiger partial charge is 0.436 e. The Hall–Kier alpha value is -0.330. The summed E-state index contributed by atoms with van der Waals surface area (Å²) in [6.45, 7) is 4.01. The maximum atomic E-state index is 10.6. The lowest BCUT2D eigenvalue weighted by Gasteiger charge is -2.13. The van der Waals surface area contributed by atoms with E-state index in [-0.39, 0.29) is 12.3 Å². The van der Waals surface area contributed by atoms with Crippen LogP contribution in [-0.2, 0) is 28.5 Å². The highest BCUT2D eigenvalue weighted by atomic mass is 31.1. The van der Waals surface area contributed by atoms with Gasteiger partial charge >= 0.3 is 5.97 Å². The van der Waals surface area contributed by atoms with Crippen LogP contribution in [0.15, 0.2) is 0 Å². The van der Waals surface area contributed by atoms with Gasteiger partial charge in [0.25, 0.3) is 0 Å². The van der Waals surface area contributed by atoms with Crippen LogP contribution in [0.4, 0.5) is 4.53 Å². The molecule has 18 heavy (non-hydrogen) atoms. The minimum Gasteiger partial charge on any atom is -0.436 e. The van der Waals surface area contributed by atoms with Crippen LogP contribution in [0.1, 0.15) is 26.7 Å². The minimum absolute atomic E-state index is 0.262. The molecule has 0 saturated carbocycles. The molecule has 1 rings (SSSR count). The fourth-order valence-electron chi connectivity index (χ4n) is 1.24. The van der Waals surface area contributed by atoms with E-state index in [0.29, 0.717) is 28.2 Å². The molecule has 1 heterocycles. The summed E-state index contributed by atoms with van der Waals surface area (Å²) in [4.78, 5) is 13.4. The van der Waals surface area contributed by atoms with E-state index in [2.05, 4.69) is 4.94 Å². The molecule has 3 atom stereocenters. The molecule has 0 bridgehead atoms. The quantitative estimate of drug-likeness (QED) is 0.423. The second kappa shape index (κ2) is 11.7. The molecule has 1 aliphatic heterocycles. The highest BCUT2D eigenvalue weighted by molar-refractivity contribution is 7.31. The van der Waals surface area contributed by atoms with Crippen LogP contribution in [-0.4, -0.2) is 38.6 Å². The van der Waals surface area contributed by atoms with E-state index in [1.807, 2.05) is 6.92 Å². The first kappa shape index (κ1) is 17.7. The van der Waals surface area contributed by atoms with Crippen molar-refractivity contribution < 1.29 is 33.0 Å². The van der Waals surface area contributed by atoms with Crippen molar-refractivity contribution in [2.75, 3.05) is 20.1 Å². The van der Waals surface area contributed by atoms with E-state index < -0.39 is 6.29 Å². The zero-order valence-electron chi connectivity index (χ0n) is 10.8. The van der Waals surface area contributed by atoms with Gasteiger partial charge in [-0.3, -0.25) is 4.79 Å². The molecule has 0 aliphatic carbocycles. The van der Waals surface area contributed by atoms with Crippen LogP contribution in [0.3, 0.4) is 0 Å². The predicted molar refractivity (Wildman–Crippen MR) is 63.7 cm³/mol. The monoisotopic (exact) mass is 286 g/mol. The first-order valence-electron chi connectivity index (χ1n) is 5.57. The van der Waals surface area contributed by atoms with Crippen molar-refractivity contribution in [1.29, 1.82) is 0 Å². The molecule has 1 aliphatic rings. The van der Waals surface area contributed by atoms with Crippen molar-refractivity contribution in [3.8, 4) is 0 Å². The van der Waals surface area contributed by atoms with Gasteiger partial charge < -0.3 is 18.7 Å². The molecule has 0 radical (unpaired) electrons. The van der Waals surface area contributed by atoms with E-state index in [1.54, 1.807) is 0 Å². The van der Waals surface area contributed by atoms with Gasteiger partial charge in [-0.15, -0.1) is 0 Å². The standard InChI is InChI=1S/C9H17O5P.CH3FO/c1-3-12-15-6-11-8-4-5-9(14-8)13-7(2)10;1-3-2/h8-9,15H,3-6H2,1-2H3;1H3. The van der Waals surface area contributed by atoms with Crippen molar-refractivity contribution in [2.24, 2.45) is 0 Å². The van der Waals surface area contributed by atoms with Crippen molar-refractivity contribution in [3.05, 3.63) is 0 Å². The van der Waals surface area contributed by atoms with Gasteiger partial charge in [0, 0.05) is 35.2 Å². The summed E-state index contributed by atoms with van der Waals surface area (Å²) < 4.78 is 30.6. The third kappa shape index (κ3) is 9.67. The number of esters is 1. The summed E-state index contributed by atoms with van der Waals surface area (Å²) in [6, 6.07) is 0. The Morgan fingerprint density at radius 2 is 2.06 bits per heavy atom. The van der Waals surface area contributed by atoms with E-state index in [4.69, 9.17) is 18.7 Å². The Morgan fingerprint density at radius 3 is 2.61 bits per heavy atom. The summed E-state index contributed by atoms with van der Waals surface area (Å²) in [6.07, 6.45) is 1.28. The molecule has 0 aromatic carbocycles. The van der Waals surface area contributed by atoms with Crippen LogP contribution in [0.2, 0.25) is 0 Å². The Kier molecular flexibility index (Phi) is 11.5. The minimum atomic E-state index is -0.442. The predicted octanol–water partition coefficient (Wildman–Crippen LogP) is 2.13. The van der Waals surface area contributed by atoms with Crippen molar-refractivity contribution in [1.82, 2.24) is 0 Å². The third-order valence-electron chi connectivity index (χ3n) is 1.81. The van der Waals surface area contributed by atoms with Crippen LogP contribution < -0.4 is 0 Å². The van der Waals surface area contributed by atoms with Gasteiger partial charge in [0.1, 0.15) is 0 Å². The molecule has 108 valence electrons. The van der Waals surface area contributed by atoms with Crippen LogP contribution in [0.25, 0.3) is 0 Å². The first-order valence-corrected chi connectivity index (χ1v) is 6.69. The molecular weight excluding hydrogens is 266 g/mol. The maximum absolute atomic E-state index is 10.6. The number of carbonyl (C=O) groups is 1. The highest BCUT2D eigenvalue weighted by Gasteiger charge is 2.27. The van der Waals surface area contributed by atoms with Gasteiger partial charge in [-0.05, 0) is 11.4 Å². The summed E-state index contributed by atoms with van der Waals surface area (Å²) >= 11 is 0. The van der Waals surface area contributed by atoms with Crippen molar-refractivity contribution in [3.63, 3.8) is 0 Å². The molecule has 1 saturated heterocycles. The maximum Gasteiger partial charge on any atom is 0.304 e. The van der Waals surface area contributed by atoms with Gasteiger partial charge in [-0.2, -0.15) is 4.94 Å². The first-order chi connectivity index (χ1) is 8.63. The Balaban J connectivity index is 0.000000873. The molecular formula is C10H20FO6P. The lowest BCUT2D eigenvalue weighted by atomic mass is 10.3. The van der Waals surface area contributed by atoms with Gasteiger partial charge in [0.2, 0.25) is 6.29 Å². The number of hydrogen-bond donors (Lipinski definition) is 0. The van der Waals surface area contributed by atoms with Crippen LogP contribution in [0, 0.1) is 0 Å². The van der Waals surface area contributed by atoms with Crippen LogP contribution >= 0.6 is 8.81 Å². The normalized spacial score (nSPS) is 22.9. The topological polar surface area (TPSA) is 63.2 Å². The van der Waals surface area contributed by atoms with Crippen molar-refractivity contribution >= 4 is 14.8 Å². The third-order valence-corrected chi connectivity index (χ3v) is 2.59. The summed E-state index contributed by atoms with van der Waals surface area (Å²) in [5.41, 5.74) is 0. The van der Waals surface area contributed by atoms with E-state index in [0.717, 1.165) is 13.5 Å².